The molecule has 134 valence electrons. The van der Waals surface area contributed by atoms with Crippen LogP contribution in [0.2, 0.25) is 0 Å². The van der Waals surface area contributed by atoms with Gasteiger partial charge in [-0.25, -0.2) is 0 Å². The molecule has 0 bridgehead atoms. The first-order chi connectivity index (χ1) is 11.7. The summed E-state index contributed by atoms with van der Waals surface area (Å²) in [6, 6.07) is 11.4. The lowest BCUT2D eigenvalue weighted by molar-refractivity contribution is 0.173. The van der Waals surface area contributed by atoms with Crippen molar-refractivity contribution in [3.63, 3.8) is 0 Å². The monoisotopic (exact) mass is 352 g/mol. The third-order valence-electron chi connectivity index (χ3n) is 3.33. The highest BCUT2D eigenvalue weighted by Gasteiger charge is 2.12. The zero-order valence-corrected chi connectivity index (χ0v) is 15.3. The highest BCUT2D eigenvalue weighted by molar-refractivity contribution is 7.80. The number of hydrogen-bond acceptors (Lipinski definition) is 6. The highest BCUT2D eigenvalue weighted by atomic mass is 32.1. The van der Waals surface area contributed by atoms with Crippen molar-refractivity contribution >= 4 is 12.6 Å². The summed E-state index contributed by atoms with van der Waals surface area (Å²) in [4.78, 5) is 0. The maximum atomic E-state index is 9.01. The molecule has 1 aliphatic heterocycles. The van der Waals surface area contributed by atoms with E-state index < -0.39 is 0 Å². The molecule has 0 aliphatic carbocycles. The maximum absolute atomic E-state index is 9.01. The van der Waals surface area contributed by atoms with Crippen LogP contribution < -0.4 is 10.6 Å². The number of aromatic hydroxyl groups is 1. The van der Waals surface area contributed by atoms with Crippen molar-refractivity contribution < 1.29 is 14.3 Å². The minimum atomic E-state index is 0.327. The van der Waals surface area contributed by atoms with Crippen molar-refractivity contribution in [2.75, 3.05) is 27.3 Å². The normalized spacial score (nSPS) is 15.9. The van der Waals surface area contributed by atoms with Crippen LogP contribution in [0, 0.1) is 0 Å². The Morgan fingerprint density at radius 2 is 2.21 bits per heavy atom. The van der Waals surface area contributed by atoms with Crippen LogP contribution in [0.4, 0.5) is 0 Å². The number of methoxy groups -OCH3 is 1. The second kappa shape index (κ2) is 12.9. The molecule has 1 aromatic carbocycles. The Bertz CT molecular complexity index is 529. The fourth-order valence-corrected chi connectivity index (χ4v) is 2.39. The Morgan fingerprint density at radius 3 is 2.67 bits per heavy atom. The van der Waals surface area contributed by atoms with E-state index in [0.29, 0.717) is 16.9 Å². The van der Waals surface area contributed by atoms with E-state index in [4.69, 9.17) is 14.3 Å². The van der Waals surface area contributed by atoms with Crippen molar-refractivity contribution in [2.24, 2.45) is 0 Å². The average molecular weight is 352 g/mol. The molecule has 0 amide bonds. The molecule has 0 saturated carbocycles. The smallest absolute Gasteiger partial charge is 0.156 e. The van der Waals surface area contributed by atoms with E-state index in [1.54, 1.807) is 37.6 Å². The second-order valence-electron chi connectivity index (χ2n) is 5.40. The molecule has 0 radical (unpaired) electrons. The maximum Gasteiger partial charge on any atom is 0.156 e. The Balaban J connectivity index is 0.000000186. The van der Waals surface area contributed by atoms with Crippen LogP contribution in [0.15, 0.2) is 52.2 Å². The van der Waals surface area contributed by atoms with Gasteiger partial charge in [0.2, 0.25) is 0 Å². The molecule has 1 atom stereocenters. The number of rotatable bonds is 4. The van der Waals surface area contributed by atoms with Gasteiger partial charge < -0.3 is 24.9 Å². The van der Waals surface area contributed by atoms with E-state index in [1.165, 1.54) is 19.4 Å². The Hall–Kier alpha value is -1.47. The molecular formula is C18H28N2O3S. The van der Waals surface area contributed by atoms with Crippen LogP contribution in [0.5, 0.6) is 5.75 Å². The number of hydrogen-bond donors (Lipinski definition) is 4. The van der Waals surface area contributed by atoms with Crippen LogP contribution in [-0.2, 0) is 11.3 Å². The quantitative estimate of drug-likeness (QED) is 0.637. The number of phenols is 1. The van der Waals surface area contributed by atoms with Crippen LogP contribution in [0.3, 0.4) is 0 Å². The first kappa shape index (κ1) is 20.6. The van der Waals surface area contributed by atoms with Gasteiger partial charge in [-0.15, -0.1) is 12.6 Å². The van der Waals surface area contributed by atoms with E-state index in [1.807, 2.05) is 19.2 Å². The first-order valence-electron chi connectivity index (χ1n) is 8.03. The largest absolute Gasteiger partial charge is 0.508 e. The number of benzene rings is 1. The van der Waals surface area contributed by atoms with Gasteiger partial charge in [0.25, 0.3) is 0 Å². The van der Waals surface area contributed by atoms with E-state index in [0.717, 1.165) is 18.7 Å². The van der Waals surface area contributed by atoms with Crippen LogP contribution >= 0.6 is 12.6 Å². The molecule has 1 saturated heterocycles. The summed E-state index contributed by atoms with van der Waals surface area (Å²) in [7, 11) is 3.63. The summed E-state index contributed by atoms with van der Waals surface area (Å²) in [6.07, 6.45) is 4.18. The molecule has 1 fully saturated rings. The lowest BCUT2D eigenvalue weighted by Gasteiger charge is -2.05. The molecule has 3 N–H and O–H groups in total. The number of phenolic OH excluding ortho intramolecular Hbond substituents is 1. The average Bonchev–Trinajstić information content (AvgIpc) is 3.23. The van der Waals surface area contributed by atoms with E-state index >= 15 is 0 Å². The van der Waals surface area contributed by atoms with Crippen LogP contribution in [0.25, 0.3) is 0 Å². The number of nitrogens with one attached hydrogen (secondary N) is 2. The van der Waals surface area contributed by atoms with Crippen LogP contribution in [-0.4, -0.2) is 38.5 Å². The molecular weight excluding hydrogens is 324 g/mol. The van der Waals surface area contributed by atoms with Crippen molar-refractivity contribution in [3.8, 4) is 5.75 Å². The standard InChI is InChI=1S/C8H11NO.C6H13NO.C4H4OS/c1-9-6-7-3-2-4-8(10)5-7;1-8-5-6-3-2-4-7-6;6-4-2-1-3-5-4/h2-5,9-10H,6H2,1H3;6-7H,2-5H2,1H3;1-3,6H. The summed E-state index contributed by atoms with van der Waals surface area (Å²) in [6.45, 7) is 2.85. The predicted octanol–water partition coefficient (Wildman–Crippen LogP) is 3.06. The van der Waals surface area contributed by atoms with Gasteiger partial charge in [-0.2, -0.15) is 0 Å². The summed E-state index contributed by atoms with van der Waals surface area (Å²) in [5, 5.41) is 16.0. The molecule has 3 rings (SSSR count). The fourth-order valence-electron chi connectivity index (χ4n) is 2.24. The SMILES string of the molecule is CNCc1cccc(O)c1.COCC1CCCN1.Sc1ccco1. The highest BCUT2D eigenvalue weighted by Crippen LogP contribution is 2.09. The van der Waals surface area contributed by atoms with Gasteiger partial charge in [0.05, 0.1) is 12.9 Å². The van der Waals surface area contributed by atoms with Crippen molar-refractivity contribution in [3.05, 3.63) is 48.2 Å². The lowest BCUT2D eigenvalue weighted by atomic mass is 10.2. The third-order valence-corrected chi connectivity index (χ3v) is 3.58. The van der Waals surface area contributed by atoms with Crippen molar-refractivity contribution in [2.45, 2.75) is 30.5 Å². The molecule has 2 aromatic rings. The molecule has 6 heteroatoms. The molecule has 5 nitrogen and oxygen atoms in total. The minimum absolute atomic E-state index is 0.327. The van der Waals surface area contributed by atoms with Crippen molar-refractivity contribution in [1.29, 1.82) is 0 Å². The van der Waals surface area contributed by atoms with E-state index in [9.17, 15) is 0 Å². The molecule has 0 spiro atoms. The molecule has 1 aliphatic rings. The zero-order chi connectivity index (χ0) is 17.6. The van der Waals surface area contributed by atoms with Gasteiger partial charge in [0, 0.05) is 19.7 Å². The Kier molecular flexibility index (Phi) is 11.1. The third kappa shape index (κ3) is 9.62. The lowest BCUT2D eigenvalue weighted by Crippen LogP contribution is -2.25. The minimum Gasteiger partial charge on any atom is -0.508 e. The van der Waals surface area contributed by atoms with Crippen molar-refractivity contribution in [1.82, 2.24) is 10.6 Å². The molecule has 24 heavy (non-hydrogen) atoms. The molecule has 2 heterocycles. The summed E-state index contributed by atoms with van der Waals surface area (Å²) >= 11 is 3.87. The predicted molar refractivity (Wildman–Crippen MR) is 99.7 cm³/mol. The van der Waals surface area contributed by atoms with Gasteiger partial charge in [-0.1, -0.05) is 12.1 Å². The summed E-state index contributed by atoms with van der Waals surface area (Å²) in [5.41, 5.74) is 1.10. The van der Waals surface area contributed by atoms with Gasteiger partial charge in [-0.3, -0.25) is 0 Å². The fraction of sp³-hybridized carbons (Fsp3) is 0.444. The molecule has 1 aromatic heterocycles. The van der Waals surface area contributed by atoms with Gasteiger partial charge >= 0.3 is 0 Å². The number of thiol groups is 1. The first-order valence-corrected chi connectivity index (χ1v) is 8.47. The van der Waals surface area contributed by atoms with Crippen LogP contribution in [0.1, 0.15) is 18.4 Å². The Labute approximate surface area is 149 Å². The van der Waals surface area contributed by atoms with Gasteiger partial charge in [0.15, 0.2) is 5.09 Å². The van der Waals surface area contributed by atoms with E-state index in [-0.39, 0.29) is 0 Å². The summed E-state index contributed by atoms with van der Waals surface area (Å²) in [5.74, 6) is 0.327. The van der Waals surface area contributed by atoms with E-state index in [2.05, 4.69) is 23.3 Å². The molecule has 1 unspecified atom stereocenters. The second-order valence-corrected chi connectivity index (χ2v) is 5.84. The topological polar surface area (TPSA) is 66.7 Å². The number of furan rings is 1. The number of ether oxygens (including phenoxy) is 1. The zero-order valence-electron chi connectivity index (χ0n) is 14.4. The summed E-state index contributed by atoms with van der Waals surface area (Å²) < 4.78 is 9.66. The van der Waals surface area contributed by atoms with Gasteiger partial charge in [-0.05, 0) is 56.3 Å². The Morgan fingerprint density at radius 1 is 1.38 bits per heavy atom. The van der Waals surface area contributed by atoms with Gasteiger partial charge in [0.1, 0.15) is 5.75 Å².